The van der Waals surface area contributed by atoms with Crippen LogP contribution in [0.25, 0.3) is 0 Å². The number of nitrogens with zero attached hydrogens (tertiary/aromatic N) is 1. The summed E-state index contributed by atoms with van der Waals surface area (Å²) in [4.78, 5) is 13.0. The first kappa shape index (κ1) is 19.9. The molecule has 1 saturated heterocycles. The molecule has 0 spiro atoms. The first-order valence-electron chi connectivity index (χ1n) is 10.1. The summed E-state index contributed by atoms with van der Waals surface area (Å²) in [5.41, 5.74) is 1.41. The van der Waals surface area contributed by atoms with Crippen molar-refractivity contribution in [2.45, 2.75) is 49.6 Å². The molecule has 6 nitrogen and oxygen atoms in total. The number of sulfonamides is 1. The third-order valence-corrected chi connectivity index (χ3v) is 7.76. The number of piperidine rings is 1. The molecule has 0 saturated carbocycles. The van der Waals surface area contributed by atoms with Gasteiger partial charge in [0.2, 0.25) is 10.0 Å². The van der Waals surface area contributed by atoms with Crippen LogP contribution < -0.4 is 10.1 Å². The van der Waals surface area contributed by atoms with Crippen LogP contribution in [0.2, 0.25) is 0 Å². The van der Waals surface area contributed by atoms with E-state index in [-0.39, 0.29) is 22.9 Å². The Bertz CT molecular complexity index is 988. The summed E-state index contributed by atoms with van der Waals surface area (Å²) in [5, 5.41) is 3.04. The Balaban J connectivity index is 1.49. The van der Waals surface area contributed by atoms with Gasteiger partial charge in [-0.25, -0.2) is 8.42 Å². The van der Waals surface area contributed by atoms with Gasteiger partial charge in [0.05, 0.1) is 17.5 Å². The minimum atomic E-state index is -3.54. The molecule has 29 heavy (non-hydrogen) atoms. The standard InChI is InChI=1S/C22H26N2O4S/c1-16-6-4-5-14-24(16)29(26,27)18-11-9-17(10-12-18)22(25)23-20-13-15-28-21-8-3-2-7-19(20)21/h2-3,7-12,16,20H,4-6,13-15H2,1H3,(H,23,25). The molecule has 7 heteroatoms. The predicted molar refractivity (Wildman–Crippen MR) is 110 cm³/mol. The fraction of sp³-hybridized carbons (Fsp3) is 0.409. The SMILES string of the molecule is CC1CCCCN1S(=O)(=O)c1ccc(C(=O)NC2CCOc3ccccc32)cc1. The van der Waals surface area contributed by atoms with Crippen LogP contribution in [0.4, 0.5) is 0 Å². The van der Waals surface area contributed by atoms with Crippen LogP contribution in [0.3, 0.4) is 0 Å². The van der Waals surface area contributed by atoms with Gasteiger partial charge < -0.3 is 10.1 Å². The number of fused-ring (bicyclic) bond motifs is 1. The molecule has 2 aromatic carbocycles. The smallest absolute Gasteiger partial charge is 0.251 e. The molecule has 2 aliphatic heterocycles. The summed E-state index contributed by atoms with van der Waals surface area (Å²) in [6.45, 7) is 3.05. The van der Waals surface area contributed by atoms with Gasteiger partial charge in [-0.05, 0) is 50.1 Å². The van der Waals surface area contributed by atoms with Crippen molar-refractivity contribution < 1.29 is 17.9 Å². The molecule has 2 heterocycles. The minimum absolute atomic E-state index is 0.00492. The highest BCUT2D eigenvalue weighted by atomic mass is 32.2. The van der Waals surface area contributed by atoms with Crippen molar-refractivity contribution in [2.24, 2.45) is 0 Å². The lowest BCUT2D eigenvalue weighted by atomic mass is 10.00. The fourth-order valence-electron chi connectivity index (χ4n) is 4.08. The maximum atomic E-state index is 12.9. The molecule has 2 atom stereocenters. The van der Waals surface area contributed by atoms with Crippen molar-refractivity contribution in [3.63, 3.8) is 0 Å². The van der Waals surface area contributed by atoms with Gasteiger partial charge in [-0.3, -0.25) is 4.79 Å². The van der Waals surface area contributed by atoms with Crippen LogP contribution in [0.5, 0.6) is 5.75 Å². The molecule has 2 aromatic rings. The average Bonchev–Trinajstić information content (AvgIpc) is 2.74. The van der Waals surface area contributed by atoms with Crippen LogP contribution >= 0.6 is 0 Å². The number of carbonyl (C=O) groups is 1. The molecular formula is C22H26N2O4S. The van der Waals surface area contributed by atoms with Crippen LogP contribution in [-0.4, -0.2) is 37.8 Å². The van der Waals surface area contributed by atoms with E-state index in [1.165, 1.54) is 12.1 Å². The Hall–Kier alpha value is -2.38. The second kappa shape index (κ2) is 8.16. The molecule has 0 bridgehead atoms. The van der Waals surface area contributed by atoms with Crippen molar-refractivity contribution in [1.82, 2.24) is 9.62 Å². The maximum Gasteiger partial charge on any atom is 0.251 e. The fourth-order valence-corrected chi connectivity index (χ4v) is 5.78. The number of hydrogen-bond acceptors (Lipinski definition) is 4. The van der Waals surface area contributed by atoms with Crippen molar-refractivity contribution >= 4 is 15.9 Å². The summed E-state index contributed by atoms with van der Waals surface area (Å²) in [7, 11) is -3.54. The van der Waals surface area contributed by atoms with E-state index < -0.39 is 10.0 Å². The third-order valence-electron chi connectivity index (χ3n) is 5.73. The summed E-state index contributed by atoms with van der Waals surface area (Å²) < 4.78 is 33.1. The predicted octanol–water partition coefficient (Wildman–Crippen LogP) is 3.50. The molecule has 4 rings (SSSR count). The number of ether oxygens (including phenoxy) is 1. The zero-order valence-electron chi connectivity index (χ0n) is 16.5. The molecule has 154 valence electrons. The quantitative estimate of drug-likeness (QED) is 0.831. The van der Waals surface area contributed by atoms with Gasteiger partial charge in [0.25, 0.3) is 5.91 Å². The summed E-state index contributed by atoms with van der Waals surface area (Å²) in [6.07, 6.45) is 3.52. The highest BCUT2D eigenvalue weighted by Gasteiger charge is 2.31. The van der Waals surface area contributed by atoms with Gasteiger partial charge in [0.15, 0.2) is 0 Å². The third kappa shape index (κ3) is 4.02. The van der Waals surface area contributed by atoms with Crippen molar-refractivity contribution in [3.05, 3.63) is 59.7 Å². The molecule has 1 fully saturated rings. The number of amides is 1. The number of carbonyl (C=O) groups excluding carboxylic acids is 1. The highest BCUT2D eigenvalue weighted by molar-refractivity contribution is 7.89. The second-order valence-corrected chi connectivity index (χ2v) is 9.58. The van der Waals surface area contributed by atoms with E-state index in [0.717, 1.165) is 30.6 Å². The monoisotopic (exact) mass is 414 g/mol. The lowest BCUT2D eigenvalue weighted by Gasteiger charge is -2.32. The molecular weight excluding hydrogens is 388 g/mol. The molecule has 1 N–H and O–H groups in total. The van der Waals surface area contributed by atoms with Crippen LogP contribution in [0.15, 0.2) is 53.4 Å². The lowest BCUT2D eigenvalue weighted by molar-refractivity contribution is 0.0924. The van der Waals surface area contributed by atoms with E-state index in [9.17, 15) is 13.2 Å². The zero-order chi connectivity index (χ0) is 20.4. The van der Waals surface area contributed by atoms with Crippen LogP contribution in [0.1, 0.15) is 54.6 Å². The van der Waals surface area contributed by atoms with Gasteiger partial charge in [-0.15, -0.1) is 0 Å². The molecule has 0 aliphatic carbocycles. The highest BCUT2D eigenvalue weighted by Crippen LogP contribution is 2.32. The van der Waals surface area contributed by atoms with Gasteiger partial charge >= 0.3 is 0 Å². The second-order valence-electron chi connectivity index (χ2n) is 7.69. The average molecular weight is 415 g/mol. The lowest BCUT2D eigenvalue weighted by Crippen LogP contribution is -2.41. The van der Waals surface area contributed by atoms with Crippen molar-refractivity contribution in [1.29, 1.82) is 0 Å². The largest absolute Gasteiger partial charge is 0.493 e. The number of para-hydroxylation sites is 1. The van der Waals surface area contributed by atoms with Gasteiger partial charge in [0.1, 0.15) is 5.75 Å². The summed E-state index contributed by atoms with van der Waals surface area (Å²) in [6, 6.07) is 13.8. The van der Waals surface area contributed by atoms with Crippen LogP contribution in [-0.2, 0) is 10.0 Å². The number of benzene rings is 2. The molecule has 2 aliphatic rings. The molecule has 0 aromatic heterocycles. The maximum absolute atomic E-state index is 12.9. The summed E-state index contributed by atoms with van der Waals surface area (Å²) in [5.74, 6) is 0.572. The zero-order valence-corrected chi connectivity index (χ0v) is 17.3. The molecule has 2 unspecified atom stereocenters. The van der Waals surface area contributed by atoms with E-state index in [1.54, 1.807) is 16.4 Å². The topological polar surface area (TPSA) is 75.7 Å². The number of nitrogens with one attached hydrogen (secondary N) is 1. The van der Waals surface area contributed by atoms with Crippen molar-refractivity contribution in [2.75, 3.05) is 13.2 Å². The number of rotatable bonds is 4. The van der Waals surface area contributed by atoms with E-state index in [2.05, 4.69) is 5.32 Å². The summed E-state index contributed by atoms with van der Waals surface area (Å²) >= 11 is 0. The van der Waals surface area contributed by atoms with Crippen LogP contribution in [0, 0.1) is 0 Å². The first-order chi connectivity index (χ1) is 14.0. The van der Waals surface area contributed by atoms with E-state index >= 15 is 0 Å². The molecule has 0 radical (unpaired) electrons. The Morgan fingerprint density at radius 1 is 1.07 bits per heavy atom. The van der Waals surface area contributed by atoms with E-state index in [4.69, 9.17) is 4.74 Å². The Kier molecular flexibility index (Phi) is 5.61. The normalized spacial score (nSPS) is 22.4. The minimum Gasteiger partial charge on any atom is -0.493 e. The van der Waals surface area contributed by atoms with Crippen molar-refractivity contribution in [3.8, 4) is 5.75 Å². The van der Waals surface area contributed by atoms with Gasteiger partial charge in [0, 0.05) is 30.1 Å². The Morgan fingerprint density at radius 3 is 2.59 bits per heavy atom. The van der Waals surface area contributed by atoms with Gasteiger partial charge in [-0.2, -0.15) is 4.31 Å². The first-order valence-corrected chi connectivity index (χ1v) is 11.6. The Morgan fingerprint density at radius 2 is 1.83 bits per heavy atom. The van der Waals surface area contributed by atoms with Gasteiger partial charge in [-0.1, -0.05) is 24.6 Å². The van der Waals surface area contributed by atoms with E-state index in [0.29, 0.717) is 25.1 Å². The Labute approximate surface area is 171 Å². The number of hydrogen-bond donors (Lipinski definition) is 1. The molecule has 1 amide bonds. The van der Waals surface area contributed by atoms with E-state index in [1.807, 2.05) is 31.2 Å².